The van der Waals surface area contributed by atoms with E-state index in [2.05, 4.69) is 18.8 Å². The quantitative estimate of drug-likeness (QED) is 0.738. The summed E-state index contributed by atoms with van der Waals surface area (Å²) in [6, 6.07) is 11.3. The van der Waals surface area contributed by atoms with Gasteiger partial charge in [0.15, 0.2) is 6.61 Å². The van der Waals surface area contributed by atoms with E-state index in [1.165, 1.54) is 18.9 Å². The van der Waals surface area contributed by atoms with E-state index in [4.69, 9.17) is 4.74 Å². The number of rotatable bonds is 5. The Hall–Kier alpha value is -3.00. The minimum absolute atomic E-state index is 0.0288. The Balaban J connectivity index is 1.38. The van der Waals surface area contributed by atoms with Crippen molar-refractivity contribution in [2.75, 3.05) is 19.7 Å². The highest BCUT2D eigenvalue weighted by Crippen LogP contribution is 2.27. The first-order valence-electron chi connectivity index (χ1n) is 10.2. The lowest BCUT2D eigenvalue weighted by Crippen LogP contribution is -2.50. The number of hydrogen-bond acceptors (Lipinski definition) is 3. The number of aromatic nitrogens is 1. The molecule has 1 saturated carbocycles. The lowest BCUT2D eigenvalue weighted by atomic mass is 10.0. The molecule has 4 rings (SSSR count). The maximum absolute atomic E-state index is 12.6. The van der Waals surface area contributed by atoms with Gasteiger partial charge in [0.05, 0.1) is 6.54 Å². The number of likely N-dealkylation sites (tertiary alicyclic amines) is 1. The van der Waals surface area contributed by atoms with E-state index >= 15 is 0 Å². The maximum atomic E-state index is 12.6. The van der Waals surface area contributed by atoms with Crippen molar-refractivity contribution < 1.29 is 9.53 Å². The average molecular weight is 390 g/mol. The molecule has 1 amide bonds. The second-order valence-electron chi connectivity index (χ2n) is 8.19. The maximum Gasteiger partial charge on any atom is 0.260 e. The zero-order valence-corrected chi connectivity index (χ0v) is 17.0. The minimum atomic E-state index is -0.136. The van der Waals surface area contributed by atoms with Crippen LogP contribution >= 0.6 is 0 Å². The summed E-state index contributed by atoms with van der Waals surface area (Å²) in [5.74, 6) is 8.01. The van der Waals surface area contributed by atoms with E-state index in [1.54, 1.807) is 9.47 Å². The number of carbonyl (C=O) groups excluding carboxylic acids is 1. The summed E-state index contributed by atoms with van der Waals surface area (Å²) in [6.45, 7) is 6.03. The lowest BCUT2D eigenvalue weighted by Gasteiger charge is -2.37. The van der Waals surface area contributed by atoms with Crippen LogP contribution in [0.2, 0.25) is 0 Å². The molecule has 0 N–H and O–H groups in total. The van der Waals surface area contributed by atoms with Crippen molar-refractivity contribution in [3.8, 4) is 17.6 Å². The van der Waals surface area contributed by atoms with Crippen LogP contribution in [-0.2, 0) is 11.3 Å². The Morgan fingerprint density at radius 1 is 1.17 bits per heavy atom. The van der Waals surface area contributed by atoms with Crippen LogP contribution in [0.15, 0.2) is 41.2 Å². The standard InChI is InChI=1S/C24H26N2O3/c1-17-13-25(14-17)24(28)16-29-22-11-18(2)26(23(27)12-22)15-21-9-7-20(8-10-21)6-5-19-3-4-19/h7-12,17,19H,3-4,13-16H2,1-2H3. The summed E-state index contributed by atoms with van der Waals surface area (Å²) >= 11 is 0. The Labute approximate surface area is 171 Å². The van der Waals surface area contributed by atoms with Gasteiger partial charge in [-0.2, -0.15) is 0 Å². The third kappa shape index (κ3) is 4.89. The van der Waals surface area contributed by atoms with Gasteiger partial charge in [-0.05, 0) is 49.4 Å². The van der Waals surface area contributed by atoms with E-state index in [0.29, 0.717) is 24.1 Å². The van der Waals surface area contributed by atoms with Crippen LogP contribution in [0.4, 0.5) is 0 Å². The summed E-state index contributed by atoms with van der Waals surface area (Å²) in [4.78, 5) is 26.4. The van der Waals surface area contributed by atoms with Crippen molar-refractivity contribution in [2.45, 2.75) is 33.2 Å². The predicted molar refractivity (Wildman–Crippen MR) is 112 cm³/mol. The normalized spacial score (nSPS) is 16.0. The molecule has 0 atom stereocenters. The summed E-state index contributed by atoms with van der Waals surface area (Å²) in [7, 11) is 0. The second kappa shape index (κ2) is 8.16. The zero-order chi connectivity index (χ0) is 20.4. The van der Waals surface area contributed by atoms with E-state index in [-0.39, 0.29) is 18.1 Å². The highest BCUT2D eigenvalue weighted by Gasteiger charge is 2.27. The number of amides is 1. The van der Waals surface area contributed by atoms with Crippen molar-refractivity contribution in [3.63, 3.8) is 0 Å². The number of nitrogens with zero attached hydrogens (tertiary/aromatic N) is 2. The van der Waals surface area contributed by atoms with Gasteiger partial charge in [0.25, 0.3) is 11.5 Å². The van der Waals surface area contributed by atoms with E-state index in [0.717, 1.165) is 29.9 Å². The molecule has 1 aliphatic heterocycles. The lowest BCUT2D eigenvalue weighted by molar-refractivity contribution is -0.139. The van der Waals surface area contributed by atoms with E-state index in [1.807, 2.05) is 37.3 Å². The highest BCUT2D eigenvalue weighted by molar-refractivity contribution is 5.78. The molecule has 2 fully saturated rings. The Kier molecular flexibility index (Phi) is 5.44. The van der Waals surface area contributed by atoms with Gasteiger partial charge in [-0.3, -0.25) is 9.59 Å². The third-order valence-corrected chi connectivity index (χ3v) is 5.38. The number of aryl methyl sites for hydroxylation is 1. The van der Waals surface area contributed by atoms with Gasteiger partial charge in [0.1, 0.15) is 5.75 Å². The van der Waals surface area contributed by atoms with Gasteiger partial charge >= 0.3 is 0 Å². The molecule has 1 saturated heterocycles. The second-order valence-corrected chi connectivity index (χ2v) is 8.19. The summed E-state index contributed by atoms with van der Waals surface area (Å²) in [6.07, 6.45) is 2.44. The van der Waals surface area contributed by atoms with Crippen molar-refractivity contribution in [2.24, 2.45) is 11.8 Å². The Morgan fingerprint density at radius 3 is 2.52 bits per heavy atom. The van der Waals surface area contributed by atoms with Gasteiger partial charge in [0.2, 0.25) is 0 Å². The van der Waals surface area contributed by atoms with Crippen LogP contribution in [-0.4, -0.2) is 35.1 Å². The largest absolute Gasteiger partial charge is 0.484 e. The molecule has 1 aromatic carbocycles. The van der Waals surface area contributed by atoms with Crippen molar-refractivity contribution in [3.05, 3.63) is 63.6 Å². The highest BCUT2D eigenvalue weighted by atomic mass is 16.5. The van der Waals surface area contributed by atoms with Crippen LogP contribution in [0.25, 0.3) is 0 Å². The van der Waals surface area contributed by atoms with Gasteiger partial charge in [-0.25, -0.2) is 0 Å². The fraction of sp³-hybridized carbons (Fsp3) is 0.417. The molecule has 2 heterocycles. The third-order valence-electron chi connectivity index (χ3n) is 5.38. The average Bonchev–Trinajstić information content (AvgIpc) is 3.50. The van der Waals surface area contributed by atoms with Gasteiger partial charge in [-0.1, -0.05) is 30.9 Å². The SMILES string of the molecule is Cc1cc(OCC(=O)N2CC(C)C2)cc(=O)n1Cc1ccc(C#CC2CC2)cc1. The molecule has 5 heteroatoms. The molecular weight excluding hydrogens is 364 g/mol. The van der Waals surface area contributed by atoms with Gasteiger partial charge < -0.3 is 14.2 Å². The first-order valence-corrected chi connectivity index (χ1v) is 10.2. The molecule has 0 unspecified atom stereocenters. The Morgan fingerprint density at radius 2 is 1.90 bits per heavy atom. The van der Waals surface area contributed by atoms with E-state index < -0.39 is 0 Å². The molecule has 0 bridgehead atoms. The monoisotopic (exact) mass is 390 g/mol. The zero-order valence-electron chi connectivity index (χ0n) is 17.0. The minimum Gasteiger partial charge on any atom is -0.484 e. The van der Waals surface area contributed by atoms with Crippen LogP contribution in [0, 0.1) is 30.6 Å². The fourth-order valence-corrected chi connectivity index (χ4v) is 3.41. The topological polar surface area (TPSA) is 51.5 Å². The molecule has 1 aliphatic carbocycles. The van der Waals surface area contributed by atoms with Gasteiger partial charge in [0, 0.05) is 36.3 Å². The molecule has 5 nitrogen and oxygen atoms in total. The predicted octanol–water partition coefficient (Wildman–Crippen LogP) is 2.82. The van der Waals surface area contributed by atoms with Gasteiger partial charge in [-0.15, -0.1) is 0 Å². The number of pyridine rings is 1. The smallest absolute Gasteiger partial charge is 0.260 e. The number of carbonyl (C=O) groups is 1. The van der Waals surface area contributed by atoms with Crippen LogP contribution in [0.3, 0.4) is 0 Å². The van der Waals surface area contributed by atoms with Crippen LogP contribution in [0.5, 0.6) is 5.75 Å². The van der Waals surface area contributed by atoms with E-state index in [9.17, 15) is 9.59 Å². The summed E-state index contributed by atoms with van der Waals surface area (Å²) in [5, 5.41) is 0. The number of ether oxygens (including phenoxy) is 1. The molecular formula is C24H26N2O3. The Bertz CT molecular complexity index is 1020. The number of hydrogen-bond donors (Lipinski definition) is 0. The van der Waals surface area contributed by atoms with Crippen LogP contribution < -0.4 is 10.3 Å². The van der Waals surface area contributed by atoms with Crippen LogP contribution in [0.1, 0.15) is 36.6 Å². The summed E-state index contributed by atoms with van der Waals surface area (Å²) < 4.78 is 7.28. The molecule has 2 aliphatic rings. The fourth-order valence-electron chi connectivity index (χ4n) is 3.41. The van der Waals surface area contributed by atoms with Crippen molar-refractivity contribution in [1.29, 1.82) is 0 Å². The molecule has 0 spiro atoms. The first-order chi connectivity index (χ1) is 14.0. The molecule has 0 radical (unpaired) electrons. The molecule has 150 valence electrons. The molecule has 1 aromatic heterocycles. The number of benzene rings is 1. The first kappa shape index (κ1) is 19.3. The molecule has 2 aromatic rings. The summed E-state index contributed by atoms with van der Waals surface area (Å²) in [5.41, 5.74) is 2.72. The van der Waals surface area contributed by atoms with Crippen molar-refractivity contribution in [1.82, 2.24) is 9.47 Å². The van der Waals surface area contributed by atoms with Crippen molar-refractivity contribution >= 4 is 5.91 Å². The molecule has 29 heavy (non-hydrogen) atoms.